The molecular formula is C13H22N2S. The zero-order chi connectivity index (χ0) is 11.0. The summed E-state index contributed by atoms with van der Waals surface area (Å²) in [4.78, 5) is 4.86. The Bertz CT molecular complexity index is 290. The number of aliphatic imine (C=N–C) groups is 1. The van der Waals surface area contributed by atoms with E-state index < -0.39 is 0 Å². The molecule has 2 nitrogen and oxygen atoms in total. The predicted molar refractivity (Wildman–Crippen MR) is 71.0 cm³/mol. The lowest BCUT2D eigenvalue weighted by molar-refractivity contribution is 0.303. The number of nitrogens with zero attached hydrogens (tertiary/aromatic N) is 1. The second-order valence-corrected chi connectivity index (χ2v) is 6.73. The normalized spacial score (nSPS) is 32.9. The third kappa shape index (κ3) is 2.24. The van der Waals surface area contributed by atoms with Crippen molar-refractivity contribution in [3.05, 3.63) is 0 Å². The highest BCUT2D eigenvalue weighted by Crippen LogP contribution is 2.38. The van der Waals surface area contributed by atoms with Gasteiger partial charge in [0.15, 0.2) is 5.17 Å². The predicted octanol–water partition coefficient (Wildman–Crippen LogP) is 3.18. The zero-order valence-electron chi connectivity index (χ0n) is 10.2. The molecule has 2 aliphatic carbocycles. The van der Waals surface area contributed by atoms with Crippen LogP contribution in [0.4, 0.5) is 0 Å². The average molecular weight is 238 g/mol. The topological polar surface area (TPSA) is 24.4 Å². The molecule has 16 heavy (non-hydrogen) atoms. The van der Waals surface area contributed by atoms with Crippen LogP contribution in [0, 0.1) is 5.92 Å². The first-order chi connectivity index (χ1) is 7.77. The summed E-state index contributed by atoms with van der Waals surface area (Å²) < 4.78 is 0. The lowest BCUT2D eigenvalue weighted by atomic mass is 9.83. The van der Waals surface area contributed by atoms with Gasteiger partial charge in [0.25, 0.3) is 0 Å². The molecule has 3 rings (SSSR count). The van der Waals surface area contributed by atoms with Crippen LogP contribution in [0.5, 0.6) is 0 Å². The Morgan fingerprint density at radius 3 is 2.75 bits per heavy atom. The van der Waals surface area contributed by atoms with E-state index in [0.717, 1.165) is 5.92 Å². The Hall–Kier alpha value is -0.180. The molecule has 0 aromatic heterocycles. The van der Waals surface area contributed by atoms with Crippen LogP contribution in [0.15, 0.2) is 4.99 Å². The molecule has 3 heteroatoms. The van der Waals surface area contributed by atoms with Gasteiger partial charge in [-0.3, -0.25) is 4.99 Å². The fourth-order valence-corrected chi connectivity index (χ4v) is 4.25. The average Bonchev–Trinajstić information content (AvgIpc) is 3.07. The van der Waals surface area contributed by atoms with E-state index in [0.29, 0.717) is 11.6 Å². The molecular weight excluding hydrogens is 216 g/mol. The number of rotatable bonds is 2. The second kappa shape index (κ2) is 4.25. The minimum absolute atomic E-state index is 0.422. The summed E-state index contributed by atoms with van der Waals surface area (Å²) in [5, 5.41) is 4.97. The van der Waals surface area contributed by atoms with Crippen LogP contribution >= 0.6 is 11.8 Å². The fourth-order valence-electron chi connectivity index (χ4n) is 2.94. The SMILES string of the molecule is CC(N=C1NC2(CCCCC2)CS1)C1CC1. The van der Waals surface area contributed by atoms with Crippen molar-refractivity contribution in [1.29, 1.82) is 0 Å². The maximum atomic E-state index is 4.86. The lowest BCUT2D eigenvalue weighted by Gasteiger charge is -2.32. The van der Waals surface area contributed by atoms with Crippen LogP contribution in [-0.2, 0) is 0 Å². The van der Waals surface area contributed by atoms with Gasteiger partial charge in [-0.05, 0) is 38.5 Å². The van der Waals surface area contributed by atoms with Crippen molar-refractivity contribution in [1.82, 2.24) is 5.32 Å². The third-order valence-electron chi connectivity index (χ3n) is 4.29. The molecule has 0 aromatic carbocycles. The first-order valence-electron chi connectivity index (χ1n) is 6.76. The van der Waals surface area contributed by atoms with Gasteiger partial charge in [0.1, 0.15) is 0 Å². The van der Waals surface area contributed by atoms with Crippen LogP contribution in [-0.4, -0.2) is 22.5 Å². The molecule has 0 aromatic rings. The highest BCUT2D eigenvalue weighted by Gasteiger charge is 2.38. The summed E-state index contributed by atoms with van der Waals surface area (Å²) in [6.45, 7) is 2.28. The molecule has 0 bridgehead atoms. The van der Waals surface area contributed by atoms with E-state index in [1.54, 1.807) is 0 Å². The fraction of sp³-hybridized carbons (Fsp3) is 0.923. The molecule has 3 aliphatic rings. The molecule has 1 saturated heterocycles. The maximum Gasteiger partial charge on any atom is 0.157 e. The molecule has 0 amide bonds. The van der Waals surface area contributed by atoms with Crippen molar-refractivity contribution in [3.8, 4) is 0 Å². The van der Waals surface area contributed by atoms with Gasteiger partial charge in [-0.1, -0.05) is 31.0 Å². The van der Waals surface area contributed by atoms with Gasteiger partial charge in [0.05, 0.1) is 6.04 Å². The number of amidine groups is 1. The summed E-state index contributed by atoms with van der Waals surface area (Å²) in [5.41, 5.74) is 0.422. The van der Waals surface area contributed by atoms with E-state index >= 15 is 0 Å². The highest BCUT2D eigenvalue weighted by atomic mass is 32.2. The summed E-state index contributed by atoms with van der Waals surface area (Å²) in [5.74, 6) is 2.14. The van der Waals surface area contributed by atoms with E-state index in [4.69, 9.17) is 4.99 Å². The molecule has 1 spiro atoms. The number of thioether (sulfide) groups is 1. The van der Waals surface area contributed by atoms with Gasteiger partial charge < -0.3 is 5.32 Å². The summed E-state index contributed by atoms with van der Waals surface area (Å²) >= 11 is 1.96. The molecule has 1 unspecified atom stereocenters. The van der Waals surface area contributed by atoms with E-state index in [1.165, 1.54) is 55.9 Å². The van der Waals surface area contributed by atoms with Crippen molar-refractivity contribution in [3.63, 3.8) is 0 Å². The van der Waals surface area contributed by atoms with E-state index in [1.807, 2.05) is 11.8 Å². The molecule has 1 aliphatic heterocycles. The Morgan fingerprint density at radius 2 is 2.06 bits per heavy atom. The number of hydrogen-bond donors (Lipinski definition) is 1. The second-order valence-electron chi connectivity index (χ2n) is 5.77. The van der Waals surface area contributed by atoms with E-state index in [2.05, 4.69) is 12.2 Å². The first kappa shape index (κ1) is 10.9. The molecule has 90 valence electrons. The minimum Gasteiger partial charge on any atom is -0.359 e. The largest absolute Gasteiger partial charge is 0.359 e. The Morgan fingerprint density at radius 1 is 1.31 bits per heavy atom. The van der Waals surface area contributed by atoms with Crippen molar-refractivity contribution in [2.45, 2.75) is 63.5 Å². The Labute approximate surface area is 103 Å². The van der Waals surface area contributed by atoms with Crippen molar-refractivity contribution < 1.29 is 0 Å². The van der Waals surface area contributed by atoms with Crippen LogP contribution in [0.2, 0.25) is 0 Å². The van der Waals surface area contributed by atoms with Crippen LogP contribution in [0.1, 0.15) is 51.9 Å². The van der Waals surface area contributed by atoms with Crippen LogP contribution in [0.25, 0.3) is 0 Å². The smallest absolute Gasteiger partial charge is 0.157 e. The highest BCUT2D eigenvalue weighted by molar-refractivity contribution is 8.14. The molecule has 3 fully saturated rings. The number of hydrogen-bond acceptors (Lipinski definition) is 2. The summed E-state index contributed by atoms with van der Waals surface area (Å²) in [7, 11) is 0. The van der Waals surface area contributed by atoms with Gasteiger partial charge >= 0.3 is 0 Å². The first-order valence-corrected chi connectivity index (χ1v) is 7.75. The Balaban J connectivity index is 1.62. The van der Waals surface area contributed by atoms with Gasteiger partial charge in [-0.15, -0.1) is 0 Å². The third-order valence-corrected chi connectivity index (χ3v) is 5.47. The molecule has 1 heterocycles. The molecule has 2 saturated carbocycles. The minimum atomic E-state index is 0.422. The van der Waals surface area contributed by atoms with Gasteiger partial charge in [-0.25, -0.2) is 0 Å². The van der Waals surface area contributed by atoms with Crippen LogP contribution in [0.3, 0.4) is 0 Å². The van der Waals surface area contributed by atoms with E-state index in [9.17, 15) is 0 Å². The van der Waals surface area contributed by atoms with Gasteiger partial charge in [-0.2, -0.15) is 0 Å². The summed E-state index contributed by atoms with van der Waals surface area (Å²) in [6, 6.07) is 0.550. The van der Waals surface area contributed by atoms with E-state index in [-0.39, 0.29) is 0 Å². The van der Waals surface area contributed by atoms with Crippen molar-refractivity contribution in [2.24, 2.45) is 10.9 Å². The lowest BCUT2D eigenvalue weighted by Crippen LogP contribution is -2.45. The quantitative estimate of drug-likeness (QED) is 0.799. The van der Waals surface area contributed by atoms with Gasteiger partial charge in [0.2, 0.25) is 0 Å². The summed E-state index contributed by atoms with van der Waals surface area (Å²) in [6.07, 6.45) is 9.74. The van der Waals surface area contributed by atoms with Crippen molar-refractivity contribution in [2.75, 3.05) is 5.75 Å². The van der Waals surface area contributed by atoms with Crippen molar-refractivity contribution >= 4 is 16.9 Å². The number of nitrogens with one attached hydrogen (secondary N) is 1. The zero-order valence-corrected chi connectivity index (χ0v) is 11.0. The van der Waals surface area contributed by atoms with Crippen LogP contribution < -0.4 is 5.32 Å². The Kier molecular flexibility index (Phi) is 2.90. The monoisotopic (exact) mass is 238 g/mol. The van der Waals surface area contributed by atoms with Gasteiger partial charge in [0, 0.05) is 11.3 Å². The molecule has 0 radical (unpaired) electrons. The molecule has 1 N–H and O–H groups in total. The standard InChI is InChI=1S/C13H22N2S/c1-10(11-5-6-11)14-12-15-13(9-16-12)7-3-2-4-8-13/h10-11H,2-9H2,1H3,(H,14,15). The molecule has 1 atom stereocenters. The maximum absolute atomic E-state index is 4.86.